The summed E-state index contributed by atoms with van der Waals surface area (Å²) in [6, 6.07) is 5.77. The molecular formula is C17H24N2O3. The maximum absolute atomic E-state index is 12.1. The Kier molecular flexibility index (Phi) is 4.64. The second-order valence-corrected chi connectivity index (χ2v) is 6.43. The van der Waals surface area contributed by atoms with Crippen molar-refractivity contribution in [2.45, 2.75) is 44.9 Å². The zero-order chi connectivity index (χ0) is 15.5. The first-order valence-corrected chi connectivity index (χ1v) is 8.03. The van der Waals surface area contributed by atoms with Crippen molar-refractivity contribution in [3.05, 3.63) is 29.3 Å². The Morgan fingerprint density at radius 3 is 2.95 bits per heavy atom. The number of hydrogen-bond donors (Lipinski definition) is 3. The summed E-state index contributed by atoms with van der Waals surface area (Å²) in [6.07, 6.45) is 2.57. The zero-order valence-corrected chi connectivity index (χ0v) is 13.0. The molecule has 1 aromatic carbocycles. The molecule has 1 aliphatic carbocycles. The van der Waals surface area contributed by atoms with E-state index in [9.17, 15) is 9.90 Å². The summed E-state index contributed by atoms with van der Waals surface area (Å²) in [6.45, 7) is 3.74. The van der Waals surface area contributed by atoms with E-state index in [1.54, 1.807) is 0 Å². The van der Waals surface area contributed by atoms with Crippen LogP contribution >= 0.6 is 0 Å². The number of β-amino-alcohol motifs (C(OH)–C–C–N with tert-alkyl or cyclic N) is 1. The van der Waals surface area contributed by atoms with E-state index >= 15 is 0 Å². The molecule has 1 amide bonds. The Hall–Kier alpha value is -1.59. The molecule has 1 saturated carbocycles. The first-order valence-electron chi connectivity index (χ1n) is 8.03. The molecule has 120 valence electrons. The number of nitrogens with one attached hydrogen (secondary N) is 2. The van der Waals surface area contributed by atoms with Gasteiger partial charge in [-0.25, -0.2) is 0 Å². The lowest BCUT2D eigenvalue weighted by Gasteiger charge is -2.15. The fourth-order valence-corrected chi connectivity index (χ4v) is 2.66. The number of rotatable bonds is 6. The van der Waals surface area contributed by atoms with Gasteiger partial charge in [0.2, 0.25) is 5.91 Å². The molecule has 0 spiro atoms. The molecule has 5 heteroatoms. The molecule has 2 atom stereocenters. The first kappa shape index (κ1) is 15.3. The van der Waals surface area contributed by atoms with Crippen molar-refractivity contribution < 1.29 is 14.6 Å². The molecule has 0 aromatic heterocycles. The molecule has 3 N–H and O–H groups in total. The topological polar surface area (TPSA) is 70.6 Å². The number of carbonyl (C=O) groups excluding carboxylic acids is 1. The van der Waals surface area contributed by atoms with Crippen LogP contribution in [0.1, 0.15) is 30.4 Å². The van der Waals surface area contributed by atoms with Crippen LogP contribution in [0.3, 0.4) is 0 Å². The molecule has 3 rings (SSSR count). The molecule has 0 radical (unpaired) electrons. The number of aliphatic hydroxyl groups excluding tert-OH is 1. The van der Waals surface area contributed by atoms with E-state index in [-0.39, 0.29) is 11.9 Å². The molecule has 2 unspecified atom stereocenters. The molecule has 1 aromatic rings. The summed E-state index contributed by atoms with van der Waals surface area (Å²) < 4.78 is 5.91. The van der Waals surface area contributed by atoms with Crippen LogP contribution in [-0.4, -0.2) is 36.3 Å². The predicted molar refractivity (Wildman–Crippen MR) is 83.7 cm³/mol. The van der Waals surface area contributed by atoms with Crippen LogP contribution in [0.2, 0.25) is 0 Å². The molecule has 0 bridgehead atoms. The summed E-state index contributed by atoms with van der Waals surface area (Å²) in [7, 11) is 0. The Morgan fingerprint density at radius 2 is 2.27 bits per heavy atom. The molecule has 5 nitrogen and oxygen atoms in total. The van der Waals surface area contributed by atoms with Gasteiger partial charge >= 0.3 is 0 Å². The van der Waals surface area contributed by atoms with Crippen molar-refractivity contribution in [1.82, 2.24) is 10.6 Å². The standard InChI is InChI=1S/C17H24N2O3/c1-11-2-5-13(16(6-11)22-10-12-3-4-12)8-19-17(21)15-7-14(20)9-18-15/h2,5-6,12,14-15,18,20H,3-4,7-10H2,1H3,(H,19,21). The molecule has 1 heterocycles. The summed E-state index contributed by atoms with van der Waals surface area (Å²) in [5.74, 6) is 1.50. The van der Waals surface area contributed by atoms with Gasteiger partial charge in [-0.1, -0.05) is 12.1 Å². The molecule has 2 fully saturated rings. The average Bonchev–Trinajstić information content (AvgIpc) is 3.23. The lowest BCUT2D eigenvalue weighted by molar-refractivity contribution is -0.123. The van der Waals surface area contributed by atoms with Gasteiger partial charge in [0.1, 0.15) is 5.75 Å². The molecule has 1 saturated heterocycles. The lowest BCUT2D eigenvalue weighted by Crippen LogP contribution is -2.40. The molecular weight excluding hydrogens is 280 g/mol. The minimum absolute atomic E-state index is 0.0646. The molecule has 2 aliphatic rings. The fourth-order valence-electron chi connectivity index (χ4n) is 2.66. The van der Waals surface area contributed by atoms with Gasteiger partial charge in [-0.15, -0.1) is 0 Å². The smallest absolute Gasteiger partial charge is 0.237 e. The summed E-state index contributed by atoms with van der Waals surface area (Å²) >= 11 is 0. The molecule has 1 aliphatic heterocycles. The highest BCUT2D eigenvalue weighted by Crippen LogP contribution is 2.30. The normalized spacial score (nSPS) is 24.3. The van der Waals surface area contributed by atoms with Crippen LogP contribution in [0.25, 0.3) is 0 Å². The van der Waals surface area contributed by atoms with E-state index in [1.807, 2.05) is 25.1 Å². The quantitative estimate of drug-likeness (QED) is 0.737. The van der Waals surface area contributed by atoms with Crippen LogP contribution in [0.15, 0.2) is 18.2 Å². The summed E-state index contributed by atoms with van der Waals surface area (Å²) in [5, 5.41) is 15.4. The van der Waals surface area contributed by atoms with Gasteiger partial charge in [-0.3, -0.25) is 4.79 Å². The van der Waals surface area contributed by atoms with Crippen molar-refractivity contribution in [2.24, 2.45) is 5.92 Å². The van der Waals surface area contributed by atoms with Gasteiger partial charge in [0.25, 0.3) is 0 Å². The number of hydrogen-bond acceptors (Lipinski definition) is 4. The lowest BCUT2D eigenvalue weighted by atomic mass is 10.1. The Balaban J connectivity index is 1.57. The van der Waals surface area contributed by atoms with Gasteiger partial charge in [-0.05, 0) is 43.7 Å². The third kappa shape index (κ3) is 3.99. The van der Waals surface area contributed by atoms with E-state index in [0.29, 0.717) is 25.4 Å². The average molecular weight is 304 g/mol. The predicted octanol–water partition coefficient (Wildman–Crippen LogP) is 1.12. The van der Waals surface area contributed by atoms with E-state index in [2.05, 4.69) is 10.6 Å². The minimum Gasteiger partial charge on any atom is -0.493 e. The van der Waals surface area contributed by atoms with Crippen molar-refractivity contribution in [1.29, 1.82) is 0 Å². The van der Waals surface area contributed by atoms with Gasteiger partial charge in [0, 0.05) is 18.7 Å². The highest BCUT2D eigenvalue weighted by Gasteiger charge is 2.28. The summed E-state index contributed by atoms with van der Waals surface area (Å²) in [5.41, 5.74) is 2.15. The Bertz CT molecular complexity index is 543. The Morgan fingerprint density at radius 1 is 1.45 bits per heavy atom. The maximum atomic E-state index is 12.1. The highest BCUT2D eigenvalue weighted by molar-refractivity contribution is 5.82. The van der Waals surface area contributed by atoms with Crippen LogP contribution in [-0.2, 0) is 11.3 Å². The third-order valence-corrected chi connectivity index (χ3v) is 4.27. The first-order chi connectivity index (χ1) is 10.6. The monoisotopic (exact) mass is 304 g/mol. The number of aryl methyl sites for hydroxylation is 1. The van der Waals surface area contributed by atoms with E-state index in [0.717, 1.165) is 23.5 Å². The van der Waals surface area contributed by atoms with Gasteiger partial charge in [0.05, 0.1) is 18.8 Å². The van der Waals surface area contributed by atoms with Crippen molar-refractivity contribution >= 4 is 5.91 Å². The zero-order valence-electron chi connectivity index (χ0n) is 13.0. The van der Waals surface area contributed by atoms with Crippen molar-refractivity contribution in [3.63, 3.8) is 0 Å². The van der Waals surface area contributed by atoms with Crippen LogP contribution in [0.4, 0.5) is 0 Å². The fraction of sp³-hybridized carbons (Fsp3) is 0.588. The van der Waals surface area contributed by atoms with Crippen LogP contribution < -0.4 is 15.4 Å². The number of benzene rings is 1. The number of ether oxygens (including phenoxy) is 1. The number of amides is 1. The third-order valence-electron chi connectivity index (χ3n) is 4.27. The van der Waals surface area contributed by atoms with Crippen molar-refractivity contribution in [2.75, 3.05) is 13.2 Å². The minimum atomic E-state index is -0.424. The van der Waals surface area contributed by atoms with E-state index < -0.39 is 6.10 Å². The van der Waals surface area contributed by atoms with Crippen molar-refractivity contribution in [3.8, 4) is 5.75 Å². The number of aliphatic hydroxyl groups is 1. The SMILES string of the molecule is Cc1ccc(CNC(=O)C2CC(O)CN2)c(OCC2CC2)c1. The van der Waals surface area contributed by atoms with E-state index in [1.165, 1.54) is 12.8 Å². The summed E-state index contributed by atoms with van der Waals surface area (Å²) in [4.78, 5) is 12.1. The van der Waals surface area contributed by atoms with Crippen LogP contribution in [0.5, 0.6) is 5.75 Å². The Labute approximate surface area is 131 Å². The van der Waals surface area contributed by atoms with E-state index in [4.69, 9.17) is 4.74 Å². The van der Waals surface area contributed by atoms with Gasteiger partial charge < -0.3 is 20.5 Å². The van der Waals surface area contributed by atoms with Gasteiger partial charge in [-0.2, -0.15) is 0 Å². The second kappa shape index (κ2) is 6.67. The van der Waals surface area contributed by atoms with Crippen LogP contribution in [0, 0.1) is 12.8 Å². The largest absolute Gasteiger partial charge is 0.493 e. The second-order valence-electron chi connectivity index (χ2n) is 6.43. The maximum Gasteiger partial charge on any atom is 0.237 e. The number of carbonyl (C=O) groups is 1. The molecule has 22 heavy (non-hydrogen) atoms. The van der Waals surface area contributed by atoms with Gasteiger partial charge in [0.15, 0.2) is 0 Å². The highest BCUT2D eigenvalue weighted by atomic mass is 16.5.